The molecule has 0 atom stereocenters. The molecule has 0 saturated heterocycles. The fourth-order valence-electron chi connectivity index (χ4n) is 1.86. The summed E-state index contributed by atoms with van der Waals surface area (Å²) in [4.78, 5) is 4.35. The molecular formula is C17H20N2O2S. The Morgan fingerprint density at radius 2 is 2.00 bits per heavy atom. The maximum Gasteiger partial charge on any atom is 0.159 e. The molecule has 4 nitrogen and oxygen atoms in total. The first-order valence-electron chi connectivity index (χ1n) is 6.98. The zero-order valence-corrected chi connectivity index (χ0v) is 13.6. The van der Waals surface area contributed by atoms with E-state index in [1.54, 1.807) is 7.11 Å². The Morgan fingerprint density at radius 1 is 1.18 bits per heavy atom. The average Bonchev–Trinajstić information content (AvgIpc) is 2.53. The summed E-state index contributed by atoms with van der Waals surface area (Å²) in [5.74, 6) is 2.42. The summed E-state index contributed by atoms with van der Waals surface area (Å²) in [5, 5.41) is 0.515. The first-order chi connectivity index (χ1) is 10.7. The van der Waals surface area contributed by atoms with Crippen molar-refractivity contribution >= 4 is 22.6 Å². The van der Waals surface area contributed by atoms with Crippen LogP contribution in [0.25, 0.3) is 0 Å². The fraction of sp³-hybridized carbons (Fsp3) is 0.235. The number of hydrogen-bond acceptors (Lipinski definition) is 4. The highest BCUT2D eigenvalue weighted by atomic mass is 32.2. The molecule has 0 unspecified atom stereocenters. The third-order valence-electron chi connectivity index (χ3n) is 2.98. The third-order valence-corrected chi connectivity index (χ3v) is 3.73. The molecule has 116 valence electrons. The zero-order chi connectivity index (χ0) is 15.8. The monoisotopic (exact) mass is 316 g/mol. The molecule has 0 fully saturated rings. The summed E-state index contributed by atoms with van der Waals surface area (Å²) in [6.45, 7) is 2.62. The molecule has 0 bridgehead atoms. The Kier molecular flexibility index (Phi) is 6.15. The standard InChI is InChI=1S/C17H20N2O2S/c1-13-6-3-4-9-16(13)21-10-11-22-17(18)19-14-7-5-8-15(12-14)20-2/h3-9,12H,10-11H2,1-2H3,(H2,18,19). The van der Waals surface area contributed by atoms with Gasteiger partial charge in [0.15, 0.2) is 5.17 Å². The third kappa shape index (κ3) is 5.00. The van der Waals surface area contributed by atoms with Gasteiger partial charge in [0.05, 0.1) is 19.4 Å². The van der Waals surface area contributed by atoms with Crippen LogP contribution >= 0.6 is 11.8 Å². The molecule has 2 aromatic carbocycles. The Morgan fingerprint density at radius 3 is 2.77 bits per heavy atom. The summed E-state index contributed by atoms with van der Waals surface area (Å²) < 4.78 is 10.9. The number of nitrogens with zero attached hydrogens (tertiary/aromatic N) is 1. The molecule has 22 heavy (non-hydrogen) atoms. The first-order valence-corrected chi connectivity index (χ1v) is 7.97. The van der Waals surface area contributed by atoms with Crippen molar-refractivity contribution in [2.75, 3.05) is 19.5 Å². The molecule has 0 spiro atoms. The van der Waals surface area contributed by atoms with Crippen LogP contribution in [0.3, 0.4) is 0 Å². The van der Waals surface area contributed by atoms with Crippen LogP contribution in [0.4, 0.5) is 5.69 Å². The van der Waals surface area contributed by atoms with Gasteiger partial charge in [-0.2, -0.15) is 0 Å². The summed E-state index contributed by atoms with van der Waals surface area (Å²) in [6.07, 6.45) is 0. The minimum atomic E-state index is 0.515. The van der Waals surface area contributed by atoms with E-state index < -0.39 is 0 Å². The molecule has 0 aliphatic carbocycles. The molecule has 0 radical (unpaired) electrons. The van der Waals surface area contributed by atoms with Crippen LogP contribution in [0.2, 0.25) is 0 Å². The lowest BCUT2D eigenvalue weighted by atomic mass is 10.2. The molecular weight excluding hydrogens is 296 g/mol. The Labute approximate surface area is 135 Å². The number of nitrogens with two attached hydrogens (primary N) is 1. The SMILES string of the molecule is COc1cccc(N=C(N)SCCOc2ccccc2C)c1. The van der Waals surface area contributed by atoms with Crippen molar-refractivity contribution in [1.29, 1.82) is 0 Å². The lowest BCUT2D eigenvalue weighted by Crippen LogP contribution is -2.10. The summed E-state index contributed by atoms with van der Waals surface area (Å²) in [5.41, 5.74) is 7.83. The maximum atomic E-state index is 5.92. The van der Waals surface area contributed by atoms with Crippen molar-refractivity contribution in [3.63, 3.8) is 0 Å². The van der Waals surface area contributed by atoms with Gasteiger partial charge in [-0.05, 0) is 30.7 Å². The number of hydrogen-bond donors (Lipinski definition) is 1. The smallest absolute Gasteiger partial charge is 0.159 e. The summed E-state index contributed by atoms with van der Waals surface area (Å²) in [6, 6.07) is 15.4. The number of benzene rings is 2. The van der Waals surface area contributed by atoms with Crippen molar-refractivity contribution in [2.45, 2.75) is 6.92 Å². The van der Waals surface area contributed by atoms with Gasteiger partial charge in [-0.25, -0.2) is 4.99 Å². The van der Waals surface area contributed by atoms with Crippen LogP contribution in [0.15, 0.2) is 53.5 Å². The van der Waals surface area contributed by atoms with Crippen molar-refractivity contribution in [1.82, 2.24) is 0 Å². The molecule has 0 aromatic heterocycles. The normalized spacial score (nSPS) is 11.3. The number of amidine groups is 1. The van der Waals surface area contributed by atoms with Crippen LogP contribution < -0.4 is 15.2 Å². The number of aryl methyl sites for hydroxylation is 1. The van der Waals surface area contributed by atoms with E-state index in [1.165, 1.54) is 11.8 Å². The van der Waals surface area contributed by atoms with Crippen molar-refractivity contribution in [3.05, 3.63) is 54.1 Å². The largest absolute Gasteiger partial charge is 0.497 e. The molecule has 0 amide bonds. The molecule has 2 N–H and O–H groups in total. The first kappa shape index (κ1) is 16.2. The Hall–Kier alpha value is -2.14. The van der Waals surface area contributed by atoms with Crippen LogP contribution in [-0.2, 0) is 0 Å². The predicted molar refractivity (Wildman–Crippen MR) is 93.4 cm³/mol. The number of rotatable bonds is 6. The van der Waals surface area contributed by atoms with Crippen molar-refractivity contribution in [2.24, 2.45) is 10.7 Å². The molecule has 0 saturated carbocycles. The lowest BCUT2D eigenvalue weighted by molar-refractivity contribution is 0.342. The van der Waals surface area contributed by atoms with Gasteiger partial charge in [-0.1, -0.05) is 36.0 Å². The number of ether oxygens (including phenoxy) is 2. The topological polar surface area (TPSA) is 56.8 Å². The fourth-order valence-corrected chi connectivity index (χ4v) is 2.40. The van der Waals surface area contributed by atoms with E-state index in [-0.39, 0.29) is 0 Å². The van der Waals surface area contributed by atoms with Gasteiger partial charge in [0.1, 0.15) is 11.5 Å². The molecule has 2 rings (SSSR count). The van der Waals surface area contributed by atoms with Crippen LogP contribution in [0.1, 0.15) is 5.56 Å². The predicted octanol–water partition coefficient (Wildman–Crippen LogP) is 3.76. The maximum absolute atomic E-state index is 5.92. The van der Waals surface area contributed by atoms with Gasteiger partial charge in [0.2, 0.25) is 0 Å². The number of para-hydroxylation sites is 1. The highest BCUT2D eigenvalue weighted by molar-refractivity contribution is 8.13. The Bertz CT molecular complexity index is 644. The van der Waals surface area contributed by atoms with Gasteiger partial charge in [-0.3, -0.25) is 0 Å². The van der Waals surface area contributed by atoms with Crippen molar-refractivity contribution in [3.8, 4) is 11.5 Å². The second-order valence-electron chi connectivity index (χ2n) is 4.61. The molecule has 0 aliphatic heterocycles. The molecule has 0 heterocycles. The van der Waals surface area contributed by atoms with E-state index in [1.807, 2.05) is 55.5 Å². The van der Waals surface area contributed by atoms with E-state index >= 15 is 0 Å². The van der Waals surface area contributed by atoms with Gasteiger partial charge < -0.3 is 15.2 Å². The quantitative estimate of drug-likeness (QED) is 0.501. The van der Waals surface area contributed by atoms with Crippen molar-refractivity contribution < 1.29 is 9.47 Å². The number of aliphatic imine (C=N–C) groups is 1. The van der Waals surface area contributed by atoms with E-state index in [0.717, 1.165) is 28.5 Å². The zero-order valence-electron chi connectivity index (χ0n) is 12.8. The van der Waals surface area contributed by atoms with Gasteiger partial charge in [-0.15, -0.1) is 0 Å². The average molecular weight is 316 g/mol. The molecule has 0 aliphatic rings. The summed E-state index contributed by atoms with van der Waals surface area (Å²) >= 11 is 1.47. The minimum Gasteiger partial charge on any atom is -0.497 e. The van der Waals surface area contributed by atoms with Crippen LogP contribution in [-0.4, -0.2) is 24.6 Å². The van der Waals surface area contributed by atoms with Gasteiger partial charge >= 0.3 is 0 Å². The Balaban J connectivity index is 1.81. The van der Waals surface area contributed by atoms with Gasteiger partial charge in [0, 0.05) is 11.8 Å². The van der Waals surface area contributed by atoms with E-state index in [0.29, 0.717) is 11.8 Å². The van der Waals surface area contributed by atoms with Gasteiger partial charge in [0.25, 0.3) is 0 Å². The second kappa shape index (κ2) is 8.34. The van der Waals surface area contributed by atoms with E-state index in [2.05, 4.69) is 4.99 Å². The number of thioether (sulfide) groups is 1. The molecule has 5 heteroatoms. The van der Waals surface area contributed by atoms with E-state index in [4.69, 9.17) is 15.2 Å². The highest BCUT2D eigenvalue weighted by Gasteiger charge is 2.00. The highest BCUT2D eigenvalue weighted by Crippen LogP contribution is 2.21. The minimum absolute atomic E-state index is 0.515. The van der Waals surface area contributed by atoms with E-state index in [9.17, 15) is 0 Å². The second-order valence-corrected chi connectivity index (χ2v) is 5.73. The van der Waals surface area contributed by atoms with Crippen LogP contribution in [0, 0.1) is 6.92 Å². The summed E-state index contributed by atoms with van der Waals surface area (Å²) in [7, 11) is 1.63. The molecule has 2 aromatic rings. The number of methoxy groups -OCH3 is 1. The van der Waals surface area contributed by atoms with Crippen LogP contribution in [0.5, 0.6) is 11.5 Å². The lowest BCUT2D eigenvalue weighted by Gasteiger charge is -2.08.